The fourth-order valence-corrected chi connectivity index (χ4v) is 4.56. The van der Waals surface area contributed by atoms with Gasteiger partial charge in [-0.15, -0.1) is 0 Å². The van der Waals surface area contributed by atoms with E-state index in [2.05, 4.69) is 29.3 Å². The third-order valence-electron chi connectivity index (χ3n) is 5.54. The van der Waals surface area contributed by atoms with Crippen molar-refractivity contribution in [2.75, 3.05) is 13.3 Å². The van der Waals surface area contributed by atoms with Crippen LogP contribution in [-0.4, -0.2) is 35.7 Å². The molecule has 23 heavy (non-hydrogen) atoms. The number of fused-ring (bicyclic) bond motifs is 1. The Labute approximate surface area is 136 Å². The summed E-state index contributed by atoms with van der Waals surface area (Å²) in [5.74, 6) is 1.89. The maximum atomic E-state index is 11.8. The number of ether oxygens (including phenoxy) is 2. The largest absolute Gasteiger partial charge is 0.454 e. The minimum absolute atomic E-state index is 0.0135. The van der Waals surface area contributed by atoms with Crippen LogP contribution in [-0.2, 0) is 11.3 Å². The van der Waals surface area contributed by atoms with E-state index in [0.29, 0.717) is 19.3 Å². The molecule has 3 aliphatic rings. The molecule has 1 aromatic rings. The molecule has 0 radical (unpaired) electrons. The molecule has 0 aromatic heterocycles. The lowest BCUT2D eigenvalue weighted by Gasteiger charge is -2.48. The van der Waals surface area contributed by atoms with Crippen LogP contribution in [0, 0.1) is 0 Å². The van der Waals surface area contributed by atoms with Crippen LogP contribution >= 0.6 is 0 Å². The molecule has 5 heteroatoms. The van der Waals surface area contributed by atoms with Crippen molar-refractivity contribution < 1.29 is 14.3 Å². The average Bonchev–Trinajstić information content (AvgIpc) is 3.14. The van der Waals surface area contributed by atoms with Gasteiger partial charge in [-0.1, -0.05) is 13.0 Å². The number of likely N-dealkylation sites (tertiary alicyclic amines) is 1. The molecular formula is C18H24N2O3. The molecule has 124 valence electrons. The zero-order valence-electron chi connectivity index (χ0n) is 13.6. The van der Waals surface area contributed by atoms with Gasteiger partial charge in [0.25, 0.3) is 0 Å². The second-order valence-corrected chi connectivity index (χ2v) is 6.89. The van der Waals surface area contributed by atoms with Crippen molar-refractivity contribution in [3.05, 3.63) is 23.8 Å². The van der Waals surface area contributed by atoms with E-state index in [-0.39, 0.29) is 11.4 Å². The zero-order chi connectivity index (χ0) is 15.9. The Morgan fingerprint density at radius 2 is 2.17 bits per heavy atom. The summed E-state index contributed by atoms with van der Waals surface area (Å²) in [4.78, 5) is 14.3. The predicted octanol–water partition coefficient (Wildman–Crippen LogP) is 2.44. The van der Waals surface area contributed by atoms with Crippen LogP contribution in [0.25, 0.3) is 0 Å². The lowest BCUT2D eigenvalue weighted by Crippen LogP contribution is -2.61. The van der Waals surface area contributed by atoms with E-state index in [0.717, 1.165) is 50.3 Å². The monoisotopic (exact) mass is 316 g/mol. The highest BCUT2D eigenvalue weighted by molar-refractivity contribution is 5.79. The van der Waals surface area contributed by atoms with Gasteiger partial charge in [0, 0.05) is 19.0 Å². The van der Waals surface area contributed by atoms with Crippen molar-refractivity contribution in [2.45, 2.75) is 57.2 Å². The summed E-state index contributed by atoms with van der Waals surface area (Å²) in [5, 5.41) is 3.30. The maximum Gasteiger partial charge on any atom is 0.231 e. The summed E-state index contributed by atoms with van der Waals surface area (Å²) in [6, 6.07) is 6.61. The van der Waals surface area contributed by atoms with E-state index in [1.54, 1.807) is 0 Å². The smallest absolute Gasteiger partial charge is 0.231 e. The van der Waals surface area contributed by atoms with Crippen LogP contribution in [0.15, 0.2) is 18.2 Å². The molecule has 0 unspecified atom stereocenters. The van der Waals surface area contributed by atoms with Crippen LogP contribution in [0.3, 0.4) is 0 Å². The van der Waals surface area contributed by atoms with Gasteiger partial charge in [0.2, 0.25) is 12.7 Å². The second-order valence-electron chi connectivity index (χ2n) is 6.89. The first-order valence-corrected chi connectivity index (χ1v) is 8.64. The minimum Gasteiger partial charge on any atom is -0.454 e. The van der Waals surface area contributed by atoms with E-state index < -0.39 is 0 Å². The lowest BCUT2D eigenvalue weighted by atomic mass is 9.78. The van der Waals surface area contributed by atoms with Gasteiger partial charge in [-0.05, 0) is 49.9 Å². The maximum absolute atomic E-state index is 11.8. The highest BCUT2D eigenvalue weighted by atomic mass is 16.7. The molecule has 2 saturated heterocycles. The molecule has 1 spiro atoms. The van der Waals surface area contributed by atoms with Gasteiger partial charge in [0.1, 0.15) is 0 Å². The highest BCUT2D eigenvalue weighted by Gasteiger charge is 2.47. The number of benzene rings is 1. The number of hydrogen-bond acceptors (Lipinski definition) is 4. The number of piperidine rings is 1. The zero-order valence-corrected chi connectivity index (χ0v) is 13.6. The fourth-order valence-electron chi connectivity index (χ4n) is 4.56. The van der Waals surface area contributed by atoms with E-state index in [1.165, 1.54) is 5.56 Å². The van der Waals surface area contributed by atoms with Crippen LogP contribution in [0.1, 0.15) is 44.6 Å². The Morgan fingerprint density at radius 3 is 2.96 bits per heavy atom. The summed E-state index contributed by atoms with van der Waals surface area (Å²) in [6.07, 6.45) is 4.96. The molecule has 0 saturated carbocycles. The Morgan fingerprint density at radius 1 is 1.30 bits per heavy atom. The number of carbonyl (C=O) groups excluding carboxylic acids is 1. The minimum atomic E-state index is -0.0135. The average molecular weight is 316 g/mol. The Bertz CT molecular complexity index is 618. The van der Waals surface area contributed by atoms with Gasteiger partial charge in [0.05, 0.1) is 5.54 Å². The molecule has 1 aromatic carbocycles. The topological polar surface area (TPSA) is 50.8 Å². The number of carbonyl (C=O) groups is 1. The van der Waals surface area contributed by atoms with Crippen molar-refractivity contribution in [1.29, 1.82) is 0 Å². The van der Waals surface area contributed by atoms with E-state index in [1.807, 2.05) is 6.07 Å². The highest BCUT2D eigenvalue weighted by Crippen LogP contribution is 2.38. The lowest BCUT2D eigenvalue weighted by molar-refractivity contribution is -0.120. The Kier molecular flexibility index (Phi) is 3.68. The van der Waals surface area contributed by atoms with Crippen molar-refractivity contribution >= 4 is 5.91 Å². The molecular weight excluding hydrogens is 292 g/mol. The summed E-state index contributed by atoms with van der Waals surface area (Å²) >= 11 is 0. The van der Waals surface area contributed by atoms with Gasteiger partial charge >= 0.3 is 0 Å². The third-order valence-corrected chi connectivity index (χ3v) is 5.54. The molecule has 2 fully saturated rings. The molecule has 2 atom stereocenters. The fraction of sp³-hybridized carbons (Fsp3) is 0.611. The van der Waals surface area contributed by atoms with Crippen molar-refractivity contribution in [1.82, 2.24) is 10.2 Å². The second kappa shape index (κ2) is 5.71. The Hall–Kier alpha value is -1.75. The summed E-state index contributed by atoms with van der Waals surface area (Å²) in [7, 11) is 0. The summed E-state index contributed by atoms with van der Waals surface area (Å²) in [6.45, 7) is 4.53. The quantitative estimate of drug-likeness (QED) is 0.930. The van der Waals surface area contributed by atoms with Crippen molar-refractivity contribution in [3.8, 4) is 11.5 Å². The van der Waals surface area contributed by atoms with Gasteiger partial charge in [0.15, 0.2) is 11.5 Å². The third kappa shape index (κ3) is 2.57. The predicted molar refractivity (Wildman–Crippen MR) is 86.4 cm³/mol. The van der Waals surface area contributed by atoms with Crippen LogP contribution < -0.4 is 14.8 Å². The molecule has 1 amide bonds. The van der Waals surface area contributed by atoms with E-state index in [9.17, 15) is 4.79 Å². The van der Waals surface area contributed by atoms with Gasteiger partial charge < -0.3 is 14.8 Å². The van der Waals surface area contributed by atoms with Crippen molar-refractivity contribution in [2.24, 2.45) is 0 Å². The number of amides is 1. The first-order valence-electron chi connectivity index (χ1n) is 8.64. The van der Waals surface area contributed by atoms with E-state index >= 15 is 0 Å². The van der Waals surface area contributed by atoms with Crippen molar-refractivity contribution in [3.63, 3.8) is 0 Å². The Balaban J connectivity index is 1.54. The molecule has 0 bridgehead atoms. The first-order chi connectivity index (χ1) is 11.2. The number of nitrogens with one attached hydrogen (secondary N) is 1. The number of rotatable bonds is 3. The molecule has 5 nitrogen and oxygen atoms in total. The molecule has 3 aliphatic heterocycles. The van der Waals surface area contributed by atoms with E-state index in [4.69, 9.17) is 9.47 Å². The summed E-state index contributed by atoms with van der Waals surface area (Å²) in [5.41, 5.74) is 1.23. The van der Waals surface area contributed by atoms with Gasteiger partial charge in [-0.2, -0.15) is 0 Å². The standard InChI is InChI=1S/C18H24N2O3/c1-2-16-18(8-6-17(21)19-18)7-3-9-20(16)11-13-4-5-14-15(10-13)23-12-22-14/h4-5,10,16H,2-3,6-9,11-12H2,1H3,(H,19,21)/t16-,18+/m0/s1. The molecule has 1 N–H and O–H groups in total. The molecule has 3 heterocycles. The number of hydrogen-bond donors (Lipinski definition) is 1. The first kappa shape index (κ1) is 14.8. The van der Waals surface area contributed by atoms with Gasteiger partial charge in [-0.3, -0.25) is 9.69 Å². The molecule has 0 aliphatic carbocycles. The number of nitrogens with zero attached hydrogens (tertiary/aromatic N) is 1. The molecule has 4 rings (SSSR count). The summed E-state index contributed by atoms with van der Waals surface area (Å²) < 4.78 is 10.9. The van der Waals surface area contributed by atoms with Crippen LogP contribution in [0.4, 0.5) is 0 Å². The van der Waals surface area contributed by atoms with Crippen LogP contribution in [0.5, 0.6) is 11.5 Å². The SMILES string of the molecule is CC[C@@H]1N(Cc2ccc3c(c2)OCO3)CCC[C@@]12CCC(=O)N2. The normalized spacial score (nSPS) is 30.0. The van der Waals surface area contributed by atoms with Gasteiger partial charge in [-0.25, -0.2) is 0 Å². The van der Waals surface area contributed by atoms with Crippen LogP contribution in [0.2, 0.25) is 0 Å².